The van der Waals surface area contributed by atoms with Gasteiger partial charge in [0, 0.05) is 6.07 Å². The van der Waals surface area contributed by atoms with E-state index in [0.29, 0.717) is 12.5 Å². The first-order valence-electron chi connectivity index (χ1n) is 6.33. The largest absolute Gasteiger partial charge is 0.477 e. The lowest BCUT2D eigenvalue weighted by Crippen LogP contribution is -2.16. The smallest absolute Gasteiger partial charge is 0.416 e. The minimum Gasteiger partial charge on any atom is -0.477 e. The lowest BCUT2D eigenvalue weighted by atomic mass is 9.90. The fraction of sp³-hybridized carbons (Fsp3) is 0.615. The number of ether oxygens (including phenoxy) is 1. The van der Waals surface area contributed by atoms with Crippen LogP contribution in [-0.2, 0) is 6.18 Å². The van der Waals surface area contributed by atoms with Gasteiger partial charge in [-0.15, -0.1) is 0 Å². The second-order valence-electron chi connectivity index (χ2n) is 4.83. The van der Waals surface area contributed by atoms with Crippen LogP contribution in [0.5, 0.6) is 5.88 Å². The Balaban J connectivity index is 2.01. The molecule has 0 amide bonds. The fourth-order valence-electron chi connectivity index (χ4n) is 2.27. The topological polar surface area (TPSA) is 22.1 Å². The molecule has 0 radical (unpaired) electrons. The number of hydrogen-bond donors (Lipinski definition) is 0. The molecule has 1 fully saturated rings. The van der Waals surface area contributed by atoms with Crippen molar-refractivity contribution in [3.8, 4) is 5.88 Å². The number of alkyl halides is 3. The minimum absolute atomic E-state index is 0.0506. The molecule has 19 heavy (non-hydrogen) atoms. The maximum absolute atomic E-state index is 12.6. The maximum atomic E-state index is 12.6. The van der Waals surface area contributed by atoms with Crippen molar-refractivity contribution in [3.05, 3.63) is 22.8 Å². The molecule has 1 aromatic heterocycles. The highest BCUT2D eigenvalue weighted by Crippen LogP contribution is 2.33. The summed E-state index contributed by atoms with van der Waals surface area (Å²) in [4.78, 5) is 3.77. The van der Waals surface area contributed by atoms with Gasteiger partial charge in [-0.25, -0.2) is 4.98 Å². The third-order valence-electron chi connectivity index (χ3n) is 3.29. The van der Waals surface area contributed by atoms with Crippen molar-refractivity contribution in [3.63, 3.8) is 0 Å². The highest BCUT2D eigenvalue weighted by molar-refractivity contribution is 6.29. The zero-order valence-corrected chi connectivity index (χ0v) is 11.1. The summed E-state index contributed by atoms with van der Waals surface area (Å²) in [7, 11) is 0. The number of halogens is 4. The standard InChI is InChI=1S/C13H15ClF3NO/c14-11-6-10(13(15,16)17)7-12(18-11)19-8-9-4-2-1-3-5-9/h6-7,9H,1-5,8H2. The van der Waals surface area contributed by atoms with Crippen LogP contribution in [0.3, 0.4) is 0 Å². The number of hydrogen-bond acceptors (Lipinski definition) is 2. The van der Waals surface area contributed by atoms with Crippen molar-refractivity contribution in [2.45, 2.75) is 38.3 Å². The molecule has 1 aliphatic rings. The molecule has 0 aromatic carbocycles. The van der Waals surface area contributed by atoms with Gasteiger partial charge in [-0.3, -0.25) is 0 Å². The molecular weight excluding hydrogens is 279 g/mol. The predicted molar refractivity (Wildman–Crippen MR) is 66.3 cm³/mol. The van der Waals surface area contributed by atoms with Crippen LogP contribution in [0.15, 0.2) is 12.1 Å². The molecule has 106 valence electrons. The summed E-state index contributed by atoms with van der Waals surface area (Å²) in [6.07, 6.45) is 1.23. The van der Waals surface area contributed by atoms with Gasteiger partial charge in [0.25, 0.3) is 0 Å². The molecule has 6 heteroatoms. The first-order valence-corrected chi connectivity index (χ1v) is 6.70. The molecular formula is C13H15ClF3NO. The summed E-state index contributed by atoms with van der Waals surface area (Å²) >= 11 is 5.59. The first kappa shape index (κ1) is 14.4. The zero-order valence-electron chi connectivity index (χ0n) is 10.3. The van der Waals surface area contributed by atoms with E-state index in [0.717, 1.165) is 37.8 Å². The molecule has 0 aliphatic heterocycles. The number of aromatic nitrogens is 1. The van der Waals surface area contributed by atoms with Crippen LogP contribution in [0.25, 0.3) is 0 Å². The van der Waals surface area contributed by atoms with Gasteiger partial charge < -0.3 is 4.74 Å². The Kier molecular flexibility index (Phi) is 4.55. The molecule has 1 saturated carbocycles. The Morgan fingerprint density at radius 3 is 2.53 bits per heavy atom. The fourth-order valence-corrected chi connectivity index (χ4v) is 2.47. The summed E-state index contributed by atoms with van der Waals surface area (Å²) in [6.45, 7) is 0.407. The molecule has 0 atom stereocenters. The van der Waals surface area contributed by atoms with E-state index in [4.69, 9.17) is 16.3 Å². The third-order valence-corrected chi connectivity index (χ3v) is 3.48. The lowest BCUT2D eigenvalue weighted by molar-refractivity contribution is -0.137. The van der Waals surface area contributed by atoms with Gasteiger partial charge in [0.15, 0.2) is 0 Å². The molecule has 1 aliphatic carbocycles. The number of rotatable bonds is 3. The number of nitrogens with zero attached hydrogens (tertiary/aromatic N) is 1. The van der Waals surface area contributed by atoms with Crippen molar-refractivity contribution >= 4 is 11.6 Å². The van der Waals surface area contributed by atoms with E-state index in [1.54, 1.807) is 0 Å². The third kappa shape index (κ3) is 4.27. The second-order valence-corrected chi connectivity index (χ2v) is 5.22. The van der Waals surface area contributed by atoms with Crippen molar-refractivity contribution in [2.75, 3.05) is 6.61 Å². The Bertz CT molecular complexity index is 430. The predicted octanol–water partition coefficient (Wildman–Crippen LogP) is 4.71. The molecule has 0 N–H and O–H groups in total. The van der Waals surface area contributed by atoms with Gasteiger partial charge in [0.1, 0.15) is 5.15 Å². The normalized spacial score (nSPS) is 17.5. The summed E-state index contributed by atoms with van der Waals surface area (Å²) < 4.78 is 43.2. The van der Waals surface area contributed by atoms with Gasteiger partial charge in [-0.05, 0) is 24.8 Å². The zero-order chi connectivity index (χ0) is 13.9. The van der Waals surface area contributed by atoms with Gasteiger partial charge in [-0.1, -0.05) is 30.9 Å². The molecule has 0 spiro atoms. The Morgan fingerprint density at radius 2 is 1.89 bits per heavy atom. The molecule has 0 saturated heterocycles. The highest BCUT2D eigenvalue weighted by Gasteiger charge is 2.31. The van der Waals surface area contributed by atoms with Crippen molar-refractivity contribution < 1.29 is 17.9 Å². The monoisotopic (exact) mass is 293 g/mol. The average molecular weight is 294 g/mol. The summed E-state index contributed by atoms with van der Waals surface area (Å²) in [5, 5.41) is -0.200. The first-order chi connectivity index (χ1) is 8.95. The van der Waals surface area contributed by atoms with E-state index in [-0.39, 0.29) is 11.0 Å². The SMILES string of the molecule is FC(F)(F)c1cc(Cl)nc(OCC2CCCCC2)c1. The number of pyridine rings is 1. The lowest BCUT2D eigenvalue weighted by Gasteiger charge is -2.21. The Labute approximate surface area is 114 Å². The van der Waals surface area contributed by atoms with Gasteiger partial charge in [0.05, 0.1) is 12.2 Å². The highest BCUT2D eigenvalue weighted by atomic mass is 35.5. The van der Waals surface area contributed by atoms with E-state index in [1.807, 2.05) is 0 Å². The molecule has 0 bridgehead atoms. The quantitative estimate of drug-likeness (QED) is 0.753. The Morgan fingerprint density at radius 1 is 1.21 bits per heavy atom. The minimum atomic E-state index is -4.43. The van der Waals surface area contributed by atoms with Crippen LogP contribution in [0, 0.1) is 5.92 Å². The summed E-state index contributed by atoms with van der Waals surface area (Å²) in [5.74, 6) is 0.356. The molecule has 1 heterocycles. The molecule has 1 aromatic rings. The van der Waals surface area contributed by atoms with Crippen LogP contribution >= 0.6 is 11.6 Å². The van der Waals surface area contributed by atoms with Crippen LogP contribution in [0.1, 0.15) is 37.7 Å². The van der Waals surface area contributed by atoms with E-state index in [2.05, 4.69) is 4.98 Å². The van der Waals surface area contributed by atoms with Crippen LogP contribution in [0.2, 0.25) is 5.15 Å². The maximum Gasteiger partial charge on any atom is 0.416 e. The second kappa shape index (κ2) is 5.99. The van der Waals surface area contributed by atoms with Crippen molar-refractivity contribution in [1.82, 2.24) is 4.98 Å². The van der Waals surface area contributed by atoms with Crippen LogP contribution in [0.4, 0.5) is 13.2 Å². The summed E-state index contributed by atoms with van der Waals surface area (Å²) in [6, 6.07) is 1.70. The van der Waals surface area contributed by atoms with Gasteiger partial charge in [0.2, 0.25) is 5.88 Å². The van der Waals surface area contributed by atoms with Gasteiger partial charge in [-0.2, -0.15) is 13.2 Å². The molecule has 0 unspecified atom stereocenters. The summed E-state index contributed by atoms with van der Waals surface area (Å²) in [5.41, 5.74) is -0.828. The Hall–Kier alpha value is -0.970. The van der Waals surface area contributed by atoms with E-state index in [9.17, 15) is 13.2 Å². The van der Waals surface area contributed by atoms with E-state index >= 15 is 0 Å². The van der Waals surface area contributed by atoms with E-state index < -0.39 is 11.7 Å². The van der Waals surface area contributed by atoms with Gasteiger partial charge >= 0.3 is 6.18 Å². The molecule has 2 rings (SSSR count). The van der Waals surface area contributed by atoms with Crippen LogP contribution in [-0.4, -0.2) is 11.6 Å². The van der Waals surface area contributed by atoms with Crippen molar-refractivity contribution in [1.29, 1.82) is 0 Å². The average Bonchev–Trinajstić information content (AvgIpc) is 2.36. The van der Waals surface area contributed by atoms with Crippen molar-refractivity contribution in [2.24, 2.45) is 5.92 Å². The van der Waals surface area contributed by atoms with Crippen LogP contribution < -0.4 is 4.74 Å². The van der Waals surface area contributed by atoms with E-state index in [1.165, 1.54) is 6.42 Å². The molecule has 2 nitrogen and oxygen atoms in total.